The monoisotopic (exact) mass is 837 g/mol. The van der Waals surface area contributed by atoms with Crippen molar-refractivity contribution in [3.8, 4) is 35.2 Å². The third-order valence-corrected chi connectivity index (χ3v) is 16.3. The van der Waals surface area contributed by atoms with Crippen LogP contribution < -0.4 is 26.4 Å². The molecule has 8 bridgehead atoms. The summed E-state index contributed by atoms with van der Waals surface area (Å²) in [5, 5.41) is 56.6. The van der Waals surface area contributed by atoms with Gasteiger partial charge in [-0.05, 0) is 88.1 Å². The van der Waals surface area contributed by atoms with E-state index in [2.05, 4.69) is 39.6 Å². The average Bonchev–Trinajstić information content (AvgIpc) is 3.25. The number of aromatic hydroxyl groups is 1. The van der Waals surface area contributed by atoms with Gasteiger partial charge in [-0.25, -0.2) is 0 Å². The summed E-state index contributed by atoms with van der Waals surface area (Å²) in [6.45, 7) is 5.09. The van der Waals surface area contributed by atoms with Crippen molar-refractivity contribution in [1.82, 2.24) is 16.0 Å². The molecule has 9 N–H and O–H groups in total. The second-order valence-corrected chi connectivity index (χ2v) is 20.5. The van der Waals surface area contributed by atoms with E-state index in [1.54, 1.807) is 13.0 Å². The number of ether oxygens (including phenoxy) is 2. The van der Waals surface area contributed by atoms with Gasteiger partial charge in [0.05, 0.1) is 36.0 Å². The van der Waals surface area contributed by atoms with Gasteiger partial charge in [-0.3, -0.25) is 9.79 Å². The van der Waals surface area contributed by atoms with Gasteiger partial charge in [0, 0.05) is 67.4 Å². The molecular formula is C44H63N5O7S2. The van der Waals surface area contributed by atoms with Gasteiger partial charge in [-0.2, -0.15) is 0 Å². The van der Waals surface area contributed by atoms with Gasteiger partial charge in [-0.15, -0.1) is 0 Å². The first kappa shape index (κ1) is 43.3. The fourth-order valence-corrected chi connectivity index (χ4v) is 13.0. The number of guanidine groups is 1. The van der Waals surface area contributed by atoms with Crippen LogP contribution in [0.2, 0.25) is 0 Å². The fraction of sp³-hybridized carbons (Fsp3) is 0.727. The van der Waals surface area contributed by atoms with E-state index >= 15 is 0 Å². The number of rotatable bonds is 3. The molecule has 58 heavy (non-hydrogen) atoms. The number of piperidine rings is 1. The van der Waals surface area contributed by atoms with E-state index in [1.165, 1.54) is 13.3 Å². The van der Waals surface area contributed by atoms with Crippen molar-refractivity contribution in [2.24, 2.45) is 33.9 Å². The summed E-state index contributed by atoms with van der Waals surface area (Å²) >= 11 is 0. The van der Waals surface area contributed by atoms with Crippen molar-refractivity contribution in [3.05, 3.63) is 23.3 Å². The number of carbonyl (C=O) groups is 1. The number of phenols is 1. The maximum atomic E-state index is 12.9. The van der Waals surface area contributed by atoms with E-state index < -0.39 is 41.5 Å². The molecular weight excluding hydrogens is 775 g/mol. The van der Waals surface area contributed by atoms with Crippen molar-refractivity contribution >= 4 is 33.5 Å². The normalized spacial score (nSPS) is 35.9. The second kappa shape index (κ2) is 18.8. The first-order valence-corrected chi connectivity index (χ1v) is 23.8. The van der Waals surface area contributed by atoms with E-state index in [4.69, 9.17) is 20.2 Å². The van der Waals surface area contributed by atoms with Crippen LogP contribution in [0.15, 0.2) is 17.1 Å². The molecule has 2 fully saturated rings. The number of aliphatic imine (C=N–C) groups is 1. The number of nitrogens with two attached hydrogens (primary N) is 1. The smallest absolute Gasteiger partial charge is 0.302 e. The molecule has 0 aromatic heterocycles. The second-order valence-electron chi connectivity index (χ2n) is 17.9. The van der Waals surface area contributed by atoms with Crippen LogP contribution in [0.4, 0.5) is 0 Å². The van der Waals surface area contributed by atoms with Crippen LogP contribution >= 0.6 is 21.6 Å². The van der Waals surface area contributed by atoms with E-state index in [9.17, 15) is 25.2 Å². The minimum atomic E-state index is -1.03. The molecule has 1 aromatic carbocycles. The van der Waals surface area contributed by atoms with Gasteiger partial charge in [0.1, 0.15) is 12.2 Å². The average molecular weight is 838 g/mol. The Bertz CT molecular complexity index is 1790. The van der Waals surface area contributed by atoms with Crippen LogP contribution in [-0.2, 0) is 22.6 Å². The van der Waals surface area contributed by atoms with E-state index in [0.29, 0.717) is 68.9 Å². The number of fused-ring (bicyclic) bond motifs is 5. The van der Waals surface area contributed by atoms with E-state index in [1.807, 2.05) is 27.7 Å². The van der Waals surface area contributed by atoms with Crippen LogP contribution in [-0.4, -0.2) is 105 Å². The molecule has 10 atom stereocenters. The van der Waals surface area contributed by atoms with Crippen LogP contribution in [0.25, 0.3) is 0 Å². The maximum Gasteiger partial charge on any atom is 0.302 e. The number of aliphatic hydroxyl groups is 3. The number of nitrogens with zero attached hydrogens (tertiary/aromatic N) is 1. The van der Waals surface area contributed by atoms with Gasteiger partial charge in [-0.1, -0.05) is 64.5 Å². The Morgan fingerprint density at radius 2 is 1.95 bits per heavy atom. The zero-order valence-electron chi connectivity index (χ0n) is 34.1. The first-order valence-electron chi connectivity index (χ1n) is 21.4. The van der Waals surface area contributed by atoms with Crippen molar-refractivity contribution in [2.75, 3.05) is 31.9 Å². The molecule has 318 valence electrons. The first-order chi connectivity index (χ1) is 27.9. The zero-order chi connectivity index (χ0) is 40.9. The molecule has 2 aliphatic carbocycles. The van der Waals surface area contributed by atoms with Gasteiger partial charge >= 0.3 is 5.97 Å². The van der Waals surface area contributed by atoms with Crippen LogP contribution in [0.1, 0.15) is 102 Å². The van der Waals surface area contributed by atoms with Crippen LogP contribution in [0.3, 0.4) is 0 Å². The largest absolute Gasteiger partial charge is 0.504 e. The standard InChI is InChI=1S/C44H63N5O7S2/c1-28(51)42-13-8-31-16-30-6-7-36(58-57-27-43(11-4-3-5-12-43)49-41(45)47-25-42)23-46-26-44(21-30)22-35(10-15-48-44)56-40-19-32(33(24-50)18-38(40)54)17-37(31)39(55-29(2)52)20-34(53)9-14-42/h18-19,28,30-31,34-37,39,46,48,50-51,53-54H,3-5,9-12,14-17,20-27H2,1-2H3,(H3,45,47,49)/t28-,30+,31-,34-,35+,36+,37+,39-,42+,44-/m0/s1. The maximum absolute atomic E-state index is 12.9. The molecule has 6 aliphatic rings. The van der Waals surface area contributed by atoms with Crippen molar-refractivity contribution in [2.45, 2.75) is 145 Å². The van der Waals surface area contributed by atoms with Crippen LogP contribution in [0.5, 0.6) is 11.5 Å². The third kappa shape index (κ3) is 10.4. The molecule has 4 heterocycles. The molecule has 2 spiro atoms. The number of phenolic OH excluding ortho intramolecular Hbond substituents is 1. The Balaban J connectivity index is 1.43. The van der Waals surface area contributed by atoms with Gasteiger partial charge in [0.15, 0.2) is 17.5 Å². The minimum Gasteiger partial charge on any atom is -0.504 e. The summed E-state index contributed by atoms with van der Waals surface area (Å²) in [4.78, 5) is 17.8. The summed E-state index contributed by atoms with van der Waals surface area (Å²) in [7, 11) is 3.65. The van der Waals surface area contributed by atoms with Gasteiger partial charge in [0.25, 0.3) is 0 Å². The molecule has 1 aromatic rings. The predicted molar refractivity (Wildman–Crippen MR) is 229 cm³/mol. The predicted octanol–water partition coefficient (Wildman–Crippen LogP) is 3.76. The van der Waals surface area contributed by atoms with E-state index in [-0.39, 0.29) is 53.7 Å². The molecule has 12 nitrogen and oxygen atoms in total. The SMILES string of the molecule is CC(=O)O[C@H]1C[C@@H](O)CC[C@]2([C@H](C)O)C#C[C@H]3C[C@H]4C#C[C@H](CNC[C@]5(C4)C[C@@H](CCN5)Oc4cc(c(CO)cc4O)C[C@@H]13)SSCC1(CCCCC1)NC(N)=NC2. The molecule has 4 aliphatic heterocycles. The Morgan fingerprint density at radius 1 is 1.12 bits per heavy atom. The molecule has 14 heteroatoms. The topological polar surface area (TPSA) is 191 Å². The summed E-state index contributed by atoms with van der Waals surface area (Å²) in [5.41, 5.74) is 6.40. The lowest BCUT2D eigenvalue weighted by Crippen LogP contribution is -2.59. The number of carbonyl (C=O) groups excluding carboxylic acids is 1. The lowest BCUT2D eigenvalue weighted by molar-refractivity contribution is -0.152. The zero-order valence-corrected chi connectivity index (χ0v) is 35.7. The Labute approximate surface area is 351 Å². The number of aliphatic hydroxyl groups excluding tert-OH is 3. The van der Waals surface area contributed by atoms with Crippen molar-refractivity contribution < 1.29 is 34.7 Å². The van der Waals surface area contributed by atoms with Gasteiger partial charge in [0.2, 0.25) is 0 Å². The number of benzene rings is 1. The molecule has 0 unspecified atom stereocenters. The molecule has 0 radical (unpaired) electrons. The van der Waals surface area contributed by atoms with Crippen molar-refractivity contribution in [1.29, 1.82) is 0 Å². The quantitative estimate of drug-likeness (QED) is 0.125. The molecule has 1 saturated heterocycles. The van der Waals surface area contributed by atoms with Crippen LogP contribution in [0, 0.1) is 46.9 Å². The number of esters is 1. The molecule has 7 rings (SSSR count). The number of hydrogen-bond acceptors (Lipinski definition) is 14. The number of hydrogen-bond donors (Lipinski definition) is 8. The molecule has 1 saturated carbocycles. The highest BCUT2D eigenvalue weighted by molar-refractivity contribution is 8.77. The fourth-order valence-electron chi connectivity index (χ4n) is 10.2. The minimum absolute atomic E-state index is 0.0149. The summed E-state index contributed by atoms with van der Waals surface area (Å²) in [5.74, 6) is 14.8. The molecule has 0 amide bonds. The highest BCUT2D eigenvalue weighted by atomic mass is 33.1. The highest BCUT2D eigenvalue weighted by Gasteiger charge is 2.44. The summed E-state index contributed by atoms with van der Waals surface area (Å²) < 4.78 is 12.8. The Hall–Kier alpha value is -2.82. The van der Waals surface area contributed by atoms with Gasteiger partial charge < -0.3 is 51.6 Å². The summed E-state index contributed by atoms with van der Waals surface area (Å²) in [6, 6.07) is 3.38. The number of nitrogens with one attached hydrogen (secondary N) is 3. The third-order valence-electron chi connectivity index (χ3n) is 13.5. The van der Waals surface area contributed by atoms with Crippen molar-refractivity contribution in [3.63, 3.8) is 0 Å². The lowest BCUT2D eigenvalue weighted by atomic mass is 9.70. The lowest BCUT2D eigenvalue weighted by Gasteiger charge is -2.44. The summed E-state index contributed by atoms with van der Waals surface area (Å²) in [6.07, 6.45) is 6.56. The highest BCUT2D eigenvalue weighted by Crippen LogP contribution is 2.43. The Morgan fingerprint density at radius 3 is 2.72 bits per heavy atom. The Kier molecular flexibility index (Phi) is 14.1. The van der Waals surface area contributed by atoms with E-state index in [0.717, 1.165) is 50.0 Å².